The summed E-state index contributed by atoms with van der Waals surface area (Å²) in [6, 6.07) is 5.53. The number of ether oxygens (including phenoxy) is 1. The van der Waals surface area contributed by atoms with Crippen molar-refractivity contribution in [2.45, 2.75) is 12.8 Å². The van der Waals surface area contributed by atoms with Crippen LogP contribution in [-0.4, -0.2) is 18.1 Å². The minimum absolute atomic E-state index is 0.234. The normalized spacial score (nSPS) is 18.9. The number of anilines is 1. The molecule has 0 saturated heterocycles. The lowest BCUT2D eigenvalue weighted by atomic mass is 9.97. The molecular formula is C12H12ClNO2S. The van der Waals surface area contributed by atoms with Gasteiger partial charge in [-0.1, -0.05) is 23.8 Å². The molecule has 0 bridgehead atoms. The third-order valence-corrected chi connectivity index (χ3v) is 3.28. The van der Waals surface area contributed by atoms with Crippen molar-refractivity contribution in [2.24, 2.45) is 5.92 Å². The molecule has 17 heavy (non-hydrogen) atoms. The van der Waals surface area contributed by atoms with E-state index in [4.69, 9.17) is 28.6 Å². The fraction of sp³-hybridized carbons (Fsp3) is 0.333. The van der Waals surface area contributed by atoms with Crippen LogP contribution in [0.1, 0.15) is 12.0 Å². The minimum Gasteiger partial charge on any atom is -0.469 e. The first kappa shape index (κ1) is 12.3. The molecule has 3 nitrogen and oxygen atoms in total. The maximum atomic E-state index is 11.6. The van der Waals surface area contributed by atoms with E-state index in [1.165, 1.54) is 7.11 Å². The average molecular weight is 270 g/mol. The summed E-state index contributed by atoms with van der Waals surface area (Å²) in [5.74, 6) is -0.471. The molecule has 1 heterocycles. The summed E-state index contributed by atoms with van der Waals surface area (Å²) in [4.78, 5) is 12.3. The van der Waals surface area contributed by atoms with Gasteiger partial charge in [0.15, 0.2) is 0 Å². The fourth-order valence-corrected chi connectivity index (χ4v) is 2.45. The van der Waals surface area contributed by atoms with E-state index in [0.717, 1.165) is 11.3 Å². The van der Waals surface area contributed by atoms with E-state index in [9.17, 15) is 4.79 Å². The Kier molecular flexibility index (Phi) is 3.64. The standard InChI is InChI=1S/C12H12ClNO2S/c1-16-12(15)8-4-7-5-9(13)2-3-10(7)14-11(17)6-8/h2-3,5,8H,4,6H2,1H3,(H,14,17). The van der Waals surface area contributed by atoms with Gasteiger partial charge in [-0.05, 0) is 30.2 Å². The zero-order chi connectivity index (χ0) is 12.4. The molecule has 90 valence electrons. The second kappa shape index (κ2) is 5.02. The van der Waals surface area contributed by atoms with Gasteiger partial charge >= 0.3 is 5.97 Å². The number of esters is 1. The van der Waals surface area contributed by atoms with Crippen LogP contribution in [0.5, 0.6) is 0 Å². The van der Waals surface area contributed by atoms with E-state index in [2.05, 4.69) is 5.32 Å². The molecule has 0 fully saturated rings. The third-order valence-electron chi connectivity index (χ3n) is 2.77. The molecule has 1 aromatic rings. The molecule has 1 atom stereocenters. The molecule has 0 radical (unpaired) electrons. The van der Waals surface area contributed by atoms with Crippen LogP contribution < -0.4 is 5.32 Å². The van der Waals surface area contributed by atoms with E-state index in [0.29, 0.717) is 22.9 Å². The van der Waals surface area contributed by atoms with E-state index in [1.807, 2.05) is 12.1 Å². The zero-order valence-electron chi connectivity index (χ0n) is 9.33. The molecule has 0 aliphatic carbocycles. The highest BCUT2D eigenvalue weighted by Gasteiger charge is 2.25. The zero-order valence-corrected chi connectivity index (χ0v) is 10.9. The number of rotatable bonds is 1. The lowest BCUT2D eigenvalue weighted by Crippen LogP contribution is -2.21. The highest BCUT2D eigenvalue weighted by atomic mass is 35.5. The number of benzene rings is 1. The number of carbonyl (C=O) groups is 1. The first-order valence-electron chi connectivity index (χ1n) is 5.26. The van der Waals surface area contributed by atoms with Gasteiger partial charge in [0.25, 0.3) is 0 Å². The van der Waals surface area contributed by atoms with Crippen molar-refractivity contribution in [2.75, 3.05) is 12.4 Å². The van der Waals surface area contributed by atoms with Gasteiger partial charge in [0, 0.05) is 17.1 Å². The Bertz CT molecular complexity index is 476. The number of thiocarbonyl (C=S) groups is 1. The van der Waals surface area contributed by atoms with Crippen LogP contribution in [0.15, 0.2) is 18.2 Å². The fourth-order valence-electron chi connectivity index (χ4n) is 1.95. The summed E-state index contributed by atoms with van der Waals surface area (Å²) in [6.45, 7) is 0. The number of hydrogen-bond donors (Lipinski definition) is 1. The largest absolute Gasteiger partial charge is 0.469 e. The van der Waals surface area contributed by atoms with Crippen LogP contribution >= 0.6 is 23.8 Å². The Morgan fingerprint density at radius 2 is 2.29 bits per heavy atom. The average Bonchev–Trinajstić information content (AvgIpc) is 2.46. The van der Waals surface area contributed by atoms with Gasteiger partial charge in [-0.2, -0.15) is 0 Å². The van der Waals surface area contributed by atoms with Crippen molar-refractivity contribution >= 4 is 40.5 Å². The van der Waals surface area contributed by atoms with Crippen molar-refractivity contribution in [1.82, 2.24) is 0 Å². The number of carbonyl (C=O) groups excluding carboxylic acids is 1. The number of halogens is 1. The van der Waals surface area contributed by atoms with Crippen LogP contribution in [0.25, 0.3) is 0 Å². The summed E-state index contributed by atoms with van der Waals surface area (Å²) in [5.41, 5.74) is 1.92. The second-order valence-corrected chi connectivity index (χ2v) is 4.91. The predicted octanol–water partition coefficient (Wildman–Crippen LogP) is 2.81. The molecule has 1 aliphatic heterocycles. The van der Waals surface area contributed by atoms with E-state index < -0.39 is 0 Å². The second-order valence-electron chi connectivity index (χ2n) is 3.98. The Labute approximate surface area is 110 Å². The summed E-state index contributed by atoms with van der Waals surface area (Å²) >= 11 is 11.1. The van der Waals surface area contributed by atoms with Crippen LogP contribution in [-0.2, 0) is 16.0 Å². The molecule has 0 saturated carbocycles. The number of hydrogen-bond acceptors (Lipinski definition) is 3. The Morgan fingerprint density at radius 3 is 3.00 bits per heavy atom. The molecule has 5 heteroatoms. The summed E-state index contributed by atoms with van der Waals surface area (Å²) < 4.78 is 4.78. The number of nitrogens with one attached hydrogen (secondary N) is 1. The topological polar surface area (TPSA) is 38.3 Å². The van der Waals surface area contributed by atoms with Gasteiger partial charge in [-0.25, -0.2) is 0 Å². The lowest BCUT2D eigenvalue weighted by Gasteiger charge is -2.11. The van der Waals surface area contributed by atoms with Crippen molar-refractivity contribution in [3.05, 3.63) is 28.8 Å². The Morgan fingerprint density at radius 1 is 1.53 bits per heavy atom. The first-order valence-corrected chi connectivity index (χ1v) is 6.05. The van der Waals surface area contributed by atoms with Crippen LogP contribution in [0.3, 0.4) is 0 Å². The molecule has 1 aliphatic rings. The monoisotopic (exact) mass is 269 g/mol. The van der Waals surface area contributed by atoms with Crippen LogP contribution in [0.4, 0.5) is 5.69 Å². The molecule has 0 amide bonds. The summed E-state index contributed by atoms with van der Waals surface area (Å²) in [7, 11) is 1.39. The van der Waals surface area contributed by atoms with Gasteiger partial charge in [0.05, 0.1) is 18.0 Å². The summed E-state index contributed by atoms with van der Waals surface area (Å²) in [5, 5.41) is 3.78. The van der Waals surface area contributed by atoms with Gasteiger partial charge in [0.2, 0.25) is 0 Å². The smallest absolute Gasteiger partial charge is 0.309 e. The predicted molar refractivity (Wildman–Crippen MR) is 71.5 cm³/mol. The molecule has 2 rings (SSSR count). The molecule has 0 aromatic heterocycles. The van der Waals surface area contributed by atoms with Crippen molar-refractivity contribution in [3.8, 4) is 0 Å². The minimum atomic E-state index is -0.236. The summed E-state index contributed by atoms with van der Waals surface area (Å²) in [6.07, 6.45) is 1.10. The van der Waals surface area contributed by atoms with E-state index >= 15 is 0 Å². The highest BCUT2D eigenvalue weighted by Crippen LogP contribution is 2.28. The van der Waals surface area contributed by atoms with Crippen molar-refractivity contribution < 1.29 is 9.53 Å². The highest BCUT2D eigenvalue weighted by molar-refractivity contribution is 7.80. The SMILES string of the molecule is COC(=O)C1CC(=S)Nc2ccc(Cl)cc2C1. The van der Waals surface area contributed by atoms with Crippen molar-refractivity contribution in [1.29, 1.82) is 0 Å². The van der Waals surface area contributed by atoms with Gasteiger partial charge in [-0.15, -0.1) is 0 Å². The molecule has 1 unspecified atom stereocenters. The third kappa shape index (κ3) is 2.76. The van der Waals surface area contributed by atoms with Crippen molar-refractivity contribution in [3.63, 3.8) is 0 Å². The number of fused-ring (bicyclic) bond motifs is 1. The van der Waals surface area contributed by atoms with Crippen LogP contribution in [0.2, 0.25) is 5.02 Å². The van der Waals surface area contributed by atoms with E-state index in [1.54, 1.807) is 6.07 Å². The Balaban J connectivity index is 2.35. The first-order chi connectivity index (χ1) is 8.10. The van der Waals surface area contributed by atoms with Crippen LogP contribution in [0, 0.1) is 5.92 Å². The lowest BCUT2D eigenvalue weighted by molar-refractivity contribution is -0.145. The van der Waals surface area contributed by atoms with Gasteiger partial charge in [0.1, 0.15) is 0 Å². The molecule has 1 N–H and O–H groups in total. The van der Waals surface area contributed by atoms with Gasteiger partial charge in [-0.3, -0.25) is 4.79 Å². The molecular weight excluding hydrogens is 258 g/mol. The molecule has 0 spiro atoms. The maximum absolute atomic E-state index is 11.6. The van der Waals surface area contributed by atoms with Gasteiger partial charge < -0.3 is 10.1 Å². The molecule has 1 aromatic carbocycles. The quantitative estimate of drug-likeness (QED) is 0.629. The maximum Gasteiger partial charge on any atom is 0.309 e. The number of methoxy groups -OCH3 is 1. The Hall–Kier alpha value is -1.13. The van der Waals surface area contributed by atoms with E-state index in [-0.39, 0.29) is 11.9 Å².